The number of carbonyl (C=O) groups is 1. The predicted molar refractivity (Wildman–Crippen MR) is 181 cm³/mol. The van der Waals surface area contributed by atoms with E-state index in [1.54, 1.807) is 6.08 Å². The van der Waals surface area contributed by atoms with E-state index in [0.717, 1.165) is 38.5 Å². The Morgan fingerprint density at radius 1 is 0.773 bits per heavy atom. The molecule has 0 aliphatic carbocycles. The van der Waals surface area contributed by atoms with Gasteiger partial charge in [0.2, 0.25) is 5.91 Å². The van der Waals surface area contributed by atoms with E-state index in [-0.39, 0.29) is 19.6 Å². The lowest BCUT2D eigenvalue weighted by molar-refractivity contribution is -0.124. The largest absolute Gasteiger partial charge is 0.472 e. The highest BCUT2D eigenvalue weighted by Crippen LogP contribution is 2.43. The van der Waals surface area contributed by atoms with E-state index in [4.69, 9.17) is 14.8 Å². The van der Waals surface area contributed by atoms with Crippen molar-refractivity contribution >= 4 is 13.7 Å². The van der Waals surface area contributed by atoms with Crippen LogP contribution < -0.4 is 11.1 Å². The minimum Gasteiger partial charge on any atom is -0.393 e. The Morgan fingerprint density at radius 3 is 1.75 bits per heavy atom. The molecule has 0 aliphatic heterocycles. The summed E-state index contributed by atoms with van der Waals surface area (Å²) < 4.78 is 21.9. The Labute approximate surface area is 269 Å². The van der Waals surface area contributed by atoms with Crippen LogP contribution >= 0.6 is 7.82 Å². The molecule has 262 valence electrons. The van der Waals surface area contributed by atoms with E-state index in [1.807, 2.05) is 6.08 Å². The van der Waals surface area contributed by atoms with Gasteiger partial charge in [-0.2, -0.15) is 0 Å². The monoisotopic (exact) mass is 648 g/mol. The second-order valence-corrected chi connectivity index (χ2v) is 13.7. The SMILES string of the molecule is CCCCCCCCC/C=C/C(O)C(COP(=O)(O)OCCN)NC(=O)CC(O)CCCCCCCCCCCCCCC. The molecule has 0 heterocycles. The van der Waals surface area contributed by atoms with Gasteiger partial charge in [-0.1, -0.05) is 148 Å². The van der Waals surface area contributed by atoms with Crippen LogP contribution in [0.15, 0.2) is 12.2 Å². The van der Waals surface area contributed by atoms with Gasteiger partial charge in [-0.05, 0) is 19.3 Å². The summed E-state index contributed by atoms with van der Waals surface area (Å²) >= 11 is 0. The van der Waals surface area contributed by atoms with Crippen LogP contribution in [0, 0.1) is 0 Å². The first-order chi connectivity index (χ1) is 21.3. The number of hydrogen-bond donors (Lipinski definition) is 5. The van der Waals surface area contributed by atoms with Crippen molar-refractivity contribution in [2.45, 2.75) is 180 Å². The average Bonchev–Trinajstić information content (AvgIpc) is 2.99. The third-order valence-corrected chi connectivity index (χ3v) is 8.90. The van der Waals surface area contributed by atoms with E-state index in [9.17, 15) is 24.5 Å². The van der Waals surface area contributed by atoms with Crippen molar-refractivity contribution in [3.8, 4) is 0 Å². The van der Waals surface area contributed by atoms with Crippen LogP contribution in [-0.2, 0) is 18.4 Å². The Hall–Kier alpha value is -0.800. The van der Waals surface area contributed by atoms with Gasteiger partial charge in [0.15, 0.2) is 0 Å². The molecule has 0 saturated carbocycles. The predicted octanol–water partition coefficient (Wildman–Crippen LogP) is 7.85. The first-order valence-corrected chi connectivity index (χ1v) is 19.4. The van der Waals surface area contributed by atoms with Crippen LogP contribution in [0.3, 0.4) is 0 Å². The van der Waals surface area contributed by atoms with Gasteiger partial charge in [0.1, 0.15) is 0 Å². The van der Waals surface area contributed by atoms with Crippen LogP contribution in [-0.4, -0.2) is 59.0 Å². The lowest BCUT2D eigenvalue weighted by Gasteiger charge is -2.24. The van der Waals surface area contributed by atoms with E-state index in [2.05, 4.69) is 19.2 Å². The number of phosphoric acid groups is 1. The Kier molecular flexibility index (Phi) is 30.3. The number of nitrogens with one attached hydrogen (secondary N) is 1. The van der Waals surface area contributed by atoms with Crippen molar-refractivity contribution in [1.29, 1.82) is 0 Å². The zero-order valence-corrected chi connectivity index (χ0v) is 29.2. The number of aliphatic hydroxyl groups is 2. The molecule has 1 amide bonds. The first-order valence-electron chi connectivity index (χ1n) is 17.9. The highest BCUT2D eigenvalue weighted by atomic mass is 31.2. The minimum absolute atomic E-state index is 0.0508. The van der Waals surface area contributed by atoms with Gasteiger partial charge in [0.25, 0.3) is 0 Å². The highest BCUT2D eigenvalue weighted by molar-refractivity contribution is 7.47. The third kappa shape index (κ3) is 28.7. The zero-order chi connectivity index (χ0) is 32.7. The van der Waals surface area contributed by atoms with Crippen molar-refractivity contribution in [2.75, 3.05) is 19.8 Å². The number of nitrogens with two attached hydrogens (primary N) is 1. The van der Waals surface area contributed by atoms with E-state index in [1.165, 1.54) is 96.3 Å². The molecule has 0 saturated heterocycles. The van der Waals surface area contributed by atoms with Gasteiger partial charge in [0, 0.05) is 6.54 Å². The van der Waals surface area contributed by atoms with Crippen LogP contribution in [0.25, 0.3) is 0 Å². The number of allylic oxidation sites excluding steroid dienone is 1. The molecule has 0 spiro atoms. The van der Waals surface area contributed by atoms with Crippen LogP contribution in [0.5, 0.6) is 0 Å². The van der Waals surface area contributed by atoms with Crippen molar-refractivity contribution in [3.05, 3.63) is 12.2 Å². The van der Waals surface area contributed by atoms with Gasteiger partial charge in [0.05, 0.1) is 37.9 Å². The van der Waals surface area contributed by atoms with E-state index in [0.29, 0.717) is 6.42 Å². The smallest absolute Gasteiger partial charge is 0.393 e. The molecule has 44 heavy (non-hydrogen) atoms. The summed E-state index contributed by atoms with van der Waals surface area (Å²) in [5.41, 5.74) is 5.33. The van der Waals surface area contributed by atoms with Gasteiger partial charge in [-0.15, -0.1) is 0 Å². The molecule has 0 fully saturated rings. The average molecular weight is 649 g/mol. The zero-order valence-electron chi connectivity index (χ0n) is 28.3. The second kappa shape index (κ2) is 30.8. The van der Waals surface area contributed by atoms with E-state index >= 15 is 0 Å². The molecular weight excluding hydrogens is 579 g/mol. The summed E-state index contributed by atoms with van der Waals surface area (Å²) in [4.78, 5) is 22.5. The molecule has 0 aromatic carbocycles. The number of unbranched alkanes of at least 4 members (excludes halogenated alkanes) is 19. The highest BCUT2D eigenvalue weighted by Gasteiger charge is 2.27. The molecule has 4 atom stereocenters. The molecule has 0 rings (SSSR count). The molecule has 0 aromatic heterocycles. The maximum atomic E-state index is 12.7. The summed E-state index contributed by atoms with van der Waals surface area (Å²) in [7, 11) is -4.38. The van der Waals surface area contributed by atoms with Crippen molar-refractivity contribution in [2.24, 2.45) is 5.73 Å². The number of amides is 1. The quantitative estimate of drug-likeness (QED) is 0.0274. The summed E-state index contributed by atoms with van der Waals surface area (Å²) in [5.74, 6) is -0.448. The van der Waals surface area contributed by atoms with Gasteiger partial charge < -0.3 is 26.2 Å². The Bertz CT molecular complexity index is 726. The third-order valence-electron chi connectivity index (χ3n) is 7.92. The molecule has 4 unspecified atom stereocenters. The lowest BCUT2D eigenvalue weighted by atomic mass is 10.0. The van der Waals surface area contributed by atoms with Crippen molar-refractivity contribution < 1.29 is 33.5 Å². The van der Waals surface area contributed by atoms with Gasteiger partial charge in [-0.25, -0.2) is 4.57 Å². The molecule has 0 aliphatic rings. The molecular formula is C34H69N2O7P. The molecule has 0 radical (unpaired) electrons. The standard InChI is InChI=1S/C34H69N2O7P/c1-3-5-7-9-11-13-14-15-16-18-19-21-23-25-31(37)29-34(39)36-32(30-43-44(40,41)42-28-27-35)33(38)26-24-22-20-17-12-10-8-6-4-2/h24,26,31-33,37-38H,3-23,25,27-30,35H2,1-2H3,(H,36,39)(H,40,41)/b26-24+. The van der Waals surface area contributed by atoms with Crippen LogP contribution in [0.4, 0.5) is 0 Å². The first kappa shape index (κ1) is 43.2. The normalized spacial score (nSPS) is 15.3. The van der Waals surface area contributed by atoms with Crippen LogP contribution in [0.2, 0.25) is 0 Å². The summed E-state index contributed by atoms with van der Waals surface area (Å²) in [6, 6.07) is -0.974. The molecule has 9 nitrogen and oxygen atoms in total. The molecule has 6 N–H and O–H groups in total. The number of phosphoric ester groups is 1. The fourth-order valence-electron chi connectivity index (χ4n) is 5.17. The molecule has 0 bridgehead atoms. The van der Waals surface area contributed by atoms with Gasteiger partial charge >= 0.3 is 7.82 Å². The number of carbonyl (C=O) groups excluding carboxylic acids is 1. The second-order valence-electron chi connectivity index (χ2n) is 12.3. The minimum atomic E-state index is -4.38. The van der Waals surface area contributed by atoms with E-state index < -0.39 is 38.6 Å². The summed E-state index contributed by atoms with van der Waals surface area (Å²) in [5, 5.41) is 23.8. The topological polar surface area (TPSA) is 151 Å². The van der Waals surface area contributed by atoms with Crippen LogP contribution in [0.1, 0.15) is 162 Å². The fraction of sp³-hybridized carbons (Fsp3) is 0.912. The summed E-state index contributed by atoms with van der Waals surface area (Å²) in [6.45, 7) is 3.92. The lowest BCUT2D eigenvalue weighted by Crippen LogP contribution is -2.46. The molecule has 0 aromatic rings. The molecule has 10 heteroatoms. The Morgan fingerprint density at radius 2 is 1.25 bits per heavy atom. The number of rotatable bonds is 33. The van der Waals surface area contributed by atoms with Crippen molar-refractivity contribution in [3.63, 3.8) is 0 Å². The van der Waals surface area contributed by atoms with Crippen molar-refractivity contribution in [1.82, 2.24) is 5.32 Å². The maximum Gasteiger partial charge on any atom is 0.472 e. The fourth-order valence-corrected chi connectivity index (χ4v) is 5.93. The summed E-state index contributed by atoms with van der Waals surface area (Å²) in [6.07, 6.45) is 27.3. The number of aliphatic hydroxyl groups excluding tert-OH is 2. The maximum absolute atomic E-state index is 12.7. The Balaban J connectivity index is 4.42. The number of hydrogen-bond acceptors (Lipinski definition) is 7. The van der Waals surface area contributed by atoms with Gasteiger partial charge in [-0.3, -0.25) is 13.8 Å².